The Hall–Kier alpha value is -1.24. The second-order valence-corrected chi connectivity index (χ2v) is 13.6. The molecular weight excluding hydrogens is 467 g/mol. The zero-order valence-corrected chi connectivity index (χ0v) is 24.2. The van der Waals surface area contributed by atoms with Crippen molar-refractivity contribution in [1.29, 1.82) is 0 Å². The molecule has 2 nitrogen and oxygen atoms in total. The van der Waals surface area contributed by atoms with Crippen LogP contribution in [0, 0.1) is 0 Å². The predicted octanol–water partition coefficient (Wildman–Crippen LogP) is 9.29. The standard InChI is InChI=1S/C31H46ClN2P/c1-5-12-24-16-9-17-25(13-6-2)29(24)33-22-23-34(31(33)35(32)28-20-11-21-28)30-26(14-7-3)18-10-19-27(30)15-8-4/h9-10,16-19,28,31H,5-8,11-15,20-23H2,1-4H3. The molecule has 1 saturated heterocycles. The highest BCUT2D eigenvalue weighted by Crippen LogP contribution is 2.62. The fourth-order valence-corrected chi connectivity index (χ4v) is 9.52. The van der Waals surface area contributed by atoms with Crippen LogP contribution in [0.25, 0.3) is 0 Å². The molecule has 4 heteroatoms. The van der Waals surface area contributed by atoms with E-state index in [1.165, 1.54) is 78.6 Å². The van der Waals surface area contributed by atoms with Crippen molar-refractivity contribution in [3.63, 3.8) is 0 Å². The minimum absolute atomic E-state index is 0.291. The third-order valence-electron chi connectivity index (χ3n) is 7.84. The third-order valence-corrected chi connectivity index (χ3v) is 11.4. The van der Waals surface area contributed by atoms with E-state index in [9.17, 15) is 0 Å². The highest BCUT2D eigenvalue weighted by atomic mass is 35.7. The molecule has 0 radical (unpaired) electrons. The Kier molecular flexibility index (Phi) is 9.83. The molecule has 1 saturated carbocycles. The van der Waals surface area contributed by atoms with Gasteiger partial charge in [0.25, 0.3) is 0 Å². The number of aryl methyl sites for hydroxylation is 4. The zero-order chi connectivity index (χ0) is 24.8. The molecular formula is C31H46ClN2P. The third kappa shape index (κ3) is 5.70. The number of nitrogens with zero attached hydrogens (tertiary/aromatic N) is 2. The normalized spacial score (nSPS) is 17.7. The lowest BCUT2D eigenvalue weighted by atomic mass is 9.99. The van der Waals surface area contributed by atoms with Gasteiger partial charge in [0.05, 0.1) is 0 Å². The average molecular weight is 513 g/mol. The summed E-state index contributed by atoms with van der Waals surface area (Å²) in [7, 11) is -0.645. The Morgan fingerprint density at radius 3 is 1.34 bits per heavy atom. The van der Waals surface area contributed by atoms with Gasteiger partial charge < -0.3 is 9.80 Å². The quantitative estimate of drug-likeness (QED) is 0.261. The van der Waals surface area contributed by atoms with E-state index in [0.29, 0.717) is 11.6 Å². The van der Waals surface area contributed by atoms with Gasteiger partial charge in [-0.1, -0.05) is 107 Å². The maximum absolute atomic E-state index is 7.58. The topological polar surface area (TPSA) is 6.48 Å². The molecule has 1 aliphatic carbocycles. The predicted molar refractivity (Wildman–Crippen MR) is 158 cm³/mol. The van der Waals surface area contributed by atoms with Gasteiger partial charge in [0, 0.05) is 31.7 Å². The van der Waals surface area contributed by atoms with Crippen LogP contribution in [-0.4, -0.2) is 24.7 Å². The molecule has 0 N–H and O–H groups in total. The molecule has 1 aliphatic heterocycles. The summed E-state index contributed by atoms with van der Waals surface area (Å²) in [6.07, 6.45) is 13.3. The van der Waals surface area contributed by atoms with Gasteiger partial charge in [-0.15, -0.1) is 0 Å². The highest BCUT2D eigenvalue weighted by molar-refractivity contribution is 7.85. The first-order chi connectivity index (χ1) is 17.1. The largest absolute Gasteiger partial charge is 0.344 e. The van der Waals surface area contributed by atoms with E-state index in [4.69, 9.17) is 11.2 Å². The lowest BCUT2D eigenvalue weighted by Crippen LogP contribution is -2.41. The van der Waals surface area contributed by atoms with E-state index in [0.717, 1.165) is 38.8 Å². The second kappa shape index (κ2) is 12.8. The van der Waals surface area contributed by atoms with Crippen LogP contribution in [0.2, 0.25) is 0 Å². The molecule has 1 unspecified atom stereocenters. The van der Waals surface area contributed by atoms with Crippen molar-refractivity contribution in [1.82, 2.24) is 0 Å². The van der Waals surface area contributed by atoms with Crippen LogP contribution < -0.4 is 9.80 Å². The van der Waals surface area contributed by atoms with Crippen molar-refractivity contribution in [2.24, 2.45) is 0 Å². The zero-order valence-electron chi connectivity index (χ0n) is 22.5. The molecule has 2 aromatic carbocycles. The molecule has 2 aromatic rings. The molecule has 4 rings (SSSR count). The smallest absolute Gasteiger partial charge is 0.136 e. The molecule has 2 fully saturated rings. The first kappa shape index (κ1) is 26.8. The van der Waals surface area contributed by atoms with Crippen molar-refractivity contribution in [3.05, 3.63) is 58.7 Å². The average Bonchev–Trinajstić information content (AvgIpc) is 3.23. The lowest BCUT2D eigenvalue weighted by Gasteiger charge is -2.43. The summed E-state index contributed by atoms with van der Waals surface area (Å²) in [5.41, 5.74) is 9.82. The van der Waals surface area contributed by atoms with E-state index >= 15 is 0 Å². The van der Waals surface area contributed by atoms with Crippen LogP contribution in [0.3, 0.4) is 0 Å². The fraction of sp³-hybridized carbons (Fsp3) is 0.613. The summed E-state index contributed by atoms with van der Waals surface area (Å²) in [6.45, 7) is 11.4. The van der Waals surface area contributed by atoms with Gasteiger partial charge in [-0.25, -0.2) is 0 Å². The molecule has 0 aromatic heterocycles. The summed E-state index contributed by atoms with van der Waals surface area (Å²) >= 11 is 7.58. The van der Waals surface area contributed by atoms with E-state index in [1.807, 2.05) is 0 Å². The first-order valence-electron chi connectivity index (χ1n) is 14.3. The number of para-hydroxylation sites is 2. The Morgan fingerprint density at radius 2 is 1.06 bits per heavy atom. The molecule has 0 amide bonds. The van der Waals surface area contributed by atoms with Crippen LogP contribution in [0.1, 0.15) is 94.9 Å². The van der Waals surface area contributed by atoms with E-state index in [1.54, 1.807) is 0 Å². The summed E-state index contributed by atoms with van der Waals surface area (Å²) in [5, 5.41) is 0. The van der Waals surface area contributed by atoms with Crippen molar-refractivity contribution in [2.45, 2.75) is 110 Å². The molecule has 2 aliphatic rings. The highest BCUT2D eigenvalue weighted by Gasteiger charge is 2.44. The van der Waals surface area contributed by atoms with Crippen molar-refractivity contribution in [2.75, 3.05) is 22.9 Å². The Bertz CT molecular complexity index is 841. The van der Waals surface area contributed by atoms with Gasteiger partial charge in [0.1, 0.15) is 5.91 Å². The summed E-state index contributed by atoms with van der Waals surface area (Å²) in [6, 6.07) is 14.1. The minimum atomic E-state index is -0.645. The molecule has 0 bridgehead atoms. The number of hydrogen-bond donors (Lipinski definition) is 0. The maximum Gasteiger partial charge on any atom is 0.136 e. The van der Waals surface area contributed by atoms with E-state index < -0.39 is 7.27 Å². The van der Waals surface area contributed by atoms with Crippen LogP contribution in [-0.2, 0) is 25.7 Å². The van der Waals surface area contributed by atoms with E-state index in [2.05, 4.69) is 73.9 Å². The van der Waals surface area contributed by atoms with Crippen LogP contribution in [0.5, 0.6) is 0 Å². The molecule has 1 atom stereocenters. The first-order valence-corrected chi connectivity index (χ1v) is 16.7. The van der Waals surface area contributed by atoms with Gasteiger partial charge in [-0.2, -0.15) is 0 Å². The number of anilines is 2. The number of benzene rings is 2. The lowest BCUT2D eigenvalue weighted by molar-refractivity contribution is 0.513. The minimum Gasteiger partial charge on any atom is -0.344 e. The van der Waals surface area contributed by atoms with Gasteiger partial charge in [-0.3, -0.25) is 0 Å². The molecule has 1 heterocycles. The van der Waals surface area contributed by atoms with Crippen LogP contribution in [0.15, 0.2) is 36.4 Å². The van der Waals surface area contributed by atoms with Gasteiger partial charge in [0.2, 0.25) is 0 Å². The van der Waals surface area contributed by atoms with Crippen molar-refractivity contribution >= 4 is 29.9 Å². The SMILES string of the molecule is CCCc1cccc(CCC)c1N1CCN(c2c(CCC)cccc2CCC)C1P(Cl)C1CCC1. The summed E-state index contributed by atoms with van der Waals surface area (Å²) in [4.78, 5) is 5.54. The van der Waals surface area contributed by atoms with Gasteiger partial charge >= 0.3 is 0 Å². The number of rotatable bonds is 12. The Balaban J connectivity index is 1.83. The number of halogens is 1. The van der Waals surface area contributed by atoms with E-state index in [-0.39, 0.29) is 0 Å². The second-order valence-electron chi connectivity index (χ2n) is 10.5. The van der Waals surface area contributed by atoms with Gasteiger partial charge in [-0.05, 0) is 66.4 Å². The monoisotopic (exact) mass is 512 g/mol. The van der Waals surface area contributed by atoms with Crippen molar-refractivity contribution < 1.29 is 0 Å². The Labute approximate surface area is 221 Å². The summed E-state index contributed by atoms with van der Waals surface area (Å²) < 4.78 is 0. The molecule has 192 valence electrons. The molecule has 0 spiro atoms. The number of hydrogen-bond acceptors (Lipinski definition) is 2. The Morgan fingerprint density at radius 1 is 0.686 bits per heavy atom. The summed E-state index contributed by atoms with van der Waals surface area (Å²) in [5.74, 6) is 0.291. The maximum atomic E-state index is 7.58. The van der Waals surface area contributed by atoms with Crippen molar-refractivity contribution in [3.8, 4) is 0 Å². The van der Waals surface area contributed by atoms with Crippen LogP contribution >= 0.6 is 18.5 Å². The van der Waals surface area contributed by atoms with Gasteiger partial charge in [0.15, 0.2) is 0 Å². The fourth-order valence-electron chi connectivity index (χ4n) is 6.07. The van der Waals surface area contributed by atoms with Crippen LogP contribution in [0.4, 0.5) is 11.4 Å². The molecule has 35 heavy (non-hydrogen) atoms.